The molecule has 0 spiro atoms. The minimum atomic E-state index is -0.964. The number of benzene rings is 2. The van der Waals surface area contributed by atoms with Gasteiger partial charge in [-0.25, -0.2) is 18.7 Å². The van der Waals surface area contributed by atoms with Crippen molar-refractivity contribution in [3.63, 3.8) is 0 Å². The maximum Gasteiger partial charge on any atom is 0.254 e. The monoisotopic (exact) mass is 495 g/mol. The standard InChI is InChI=1S/C25H23F2N5O2S/c26-19-3-1-16(11-20(19)27)24-29-21-4-2-17(12-22(21)34-24)25(33)32-13-18(14-32)31-8-6-30(7-9-31)15-23-28-5-10-35-23/h1-5,10-12,18H,6-9,13-15H2. The third-order valence-electron chi connectivity index (χ3n) is 6.72. The zero-order valence-corrected chi connectivity index (χ0v) is 19.7. The van der Waals surface area contributed by atoms with Crippen molar-refractivity contribution in [3.8, 4) is 11.5 Å². The number of nitrogens with zero attached hydrogens (tertiary/aromatic N) is 5. The van der Waals surface area contributed by atoms with E-state index < -0.39 is 11.6 Å². The highest BCUT2D eigenvalue weighted by molar-refractivity contribution is 7.09. The Labute approximate surface area is 204 Å². The van der Waals surface area contributed by atoms with Crippen molar-refractivity contribution in [3.05, 3.63) is 70.2 Å². The second-order valence-corrected chi connectivity index (χ2v) is 9.91. The van der Waals surface area contributed by atoms with Crippen LogP contribution in [0.2, 0.25) is 0 Å². The van der Waals surface area contributed by atoms with Gasteiger partial charge in [0.2, 0.25) is 5.89 Å². The average Bonchev–Trinajstić information content (AvgIpc) is 3.50. The molecule has 7 nitrogen and oxygen atoms in total. The minimum Gasteiger partial charge on any atom is -0.436 e. The summed E-state index contributed by atoms with van der Waals surface area (Å²) in [5, 5.41) is 3.16. The van der Waals surface area contributed by atoms with Crippen LogP contribution in [0, 0.1) is 11.6 Å². The van der Waals surface area contributed by atoms with Crippen LogP contribution in [0.25, 0.3) is 22.6 Å². The molecule has 6 rings (SSSR count). The van der Waals surface area contributed by atoms with Crippen LogP contribution in [0.15, 0.2) is 52.4 Å². The summed E-state index contributed by atoms with van der Waals surface area (Å²) >= 11 is 1.69. The van der Waals surface area contributed by atoms with Gasteiger partial charge in [0, 0.05) is 68.0 Å². The van der Waals surface area contributed by atoms with Gasteiger partial charge in [0.25, 0.3) is 5.91 Å². The minimum absolute atomic E-state index is 0.0451. The van der Waals surface area contributed by atoms with Gasteiger partial charge in [0.05, 0.1) is 6.54 Å². The highest BCUT2D eigenvalue weighted by Gasteiger charge is 2.36. The molecule has 35 heavy (non-hydrogen) atoms. The molecule has 2 fully saturated rings. The molecule has 4 aromatic rings. The molecule has 0 radical (unpaired) electrons. The molecule has 4 heterocycles. The van der Waals surface area contributed by atoms with Crippen molar-refractivity contribution in [1.82, 2.24) is 24.7 Å². The van der Waals surface area contributed by atoms with Crippen molar-refractivity contribution in [1.29, 1.82) is 0 Å². The Bertz CT molecular complexity index is 1360. The number of aromatic nitrogens is 2. The van der Waals surface area contributed by atoms with E-state index in [0.717, 1.165) is 49.9 Å². The summed E-state index contributed by atoms with van der Waals surface area (Å²) in [5.41, 5.74) is 1.85. The molecule has 0 bridgehead atoms. The third kappa shape index (κ3) is 4.44. The van der Waals surface area contributed by atoms with Gasteiger partial charge in [-0.05, 0) is 36.4 Å². The molecule has 2 aromatic carbocycles. The molecule has 2 aliphatic heterocycles. The van der Waals surface area contributed by atoms with Crippen molar-refractivity contribution < 1.29 is 18.0 Å². The topological polar surface area (TPSA) is 65.7 Å². The first-order valence-corrected chi connectivity index (χ1v) is 12.4. The summed E-state index contributed by atoms with van der Waals surface area (Å²) in [6.45, 7) is 6.32. The molecule has 0 N–H and O–H groups in total. The van der Waals surface area contributed by atoms with E-state index in [4.69, 9.17) is 4.42 Å². The summed E-state index contributed by atoms with van der Waals surface area (Å²) in [5.74, 6) is -1.75. The van der Waals surface area contributed by atoms with Crippen LogP contribution in [0.3, 0.4) is 0 Å². The number of carbonyl (C=O) groups excluding carboxylic acids is 1. The lowest BCUT2D eigenvalue weighted by Gasteiger charge is -2.48. The first-order chi connectivity index (χ1) is 17.0. The second-order valence-electron chi connectivity index (χ2n) is 8.93. The van der Waals surface area contributed by atoms with Crippen LogP contribution in [0.1, 0.15) is 15.4 Å². The lowest BCUT2D eigenvalue weighted by Crippen LogP contribution is -2.64. The van der Waals surface area contributed by atoms with Crippen LogP contribution in [0.5, 0.6) is 0 Å². The molecule has 10 heteroatoms. The summed E-state index contributed by atoms with van der Waals surface area (Å²) in [4.78, 5) is 28.5. The number of amides is 1. The zero-order valence-electron chi connectivity index (χ0n) is 18.9. The molecule has 0 unspecified atom stereocenters. The highest BCUT2D eigenvalue weighted by atomic mass is 32.1. The fourth-order valence-corrected chi connectivity index (χ4v) is 5.31. The van der Waals surface area contributed by atoms with E-state index in [1.165, 1.54) is 6.07 Å². The number of halogens is 2. The fourth-order valence-electron chi connectivity index (χ4n) is 4.65. The third-order valence-corrected chi connectivity index (χ3v) is 7.48. The second kappa shape index (κ2) is 9.10. The molecule has 1 amide bonds. The van der Waals surface area contributed by atoms with Gasteiger partial charge in [-0.1, -0.05) is 0 Å². The molecule has 0 saturated carbocycles. The van der Waals surface area contributed by atoms with Gasteiger partial charge in [-0.3, -0.25) is 14.6 Å². The van der Waals surface area contributed by atoms with Gasteiger partial charge >= 0.3 is 0 Å². The van der Waals surface area contributed by atoms with Crippen molar-refractivity contribution >= 4 is 28.3 Å². The Morgan fingerprint density at radius 3 is 2.63 bits per heavy atom. The number of fused-ring (bicyclic) bond motifs is 1. The number of thiazole rings is 1. The summed E-state index contributed by atoms with van der Waals surface area (Å²) < 4.78 is 32.6. The van der Waals surface area contributed by atoms with Crippen LogP contribution in [0.4, 0.5) is 8.78 Å². The molecule has 2 aliphatic rings. The Morgan fingerprint density at radius 1 is 1.06 bits per heavy atom. The quantitative estimate of drug-likeness (QED) is 0.419. The number of hydrogen-bond donors (Lipinski definition) is 0. The number of piperazine rings is 1. The van der Waals surface area contributed by atoms with Gasteiger partial charge in [-0.15, -0.1) is 11.3 Å². The molecule has 2 aromatic heterocycles. The summed E-state index contributed by atoms with van der Waals surface area (Å²) in [6.07, 6.45) is 1.85. The fraction of sp³-hybridized carbons (Fsp3) is 0.320. The van der Waals surface area contributed by atoms with Crippen molar-refractivity contribution in [2.24, 2.45) is 0 Å². The van der Waals surface area contributed by atoms with Crippen LogP contribution >= 0.6 is 11.3 Å². The van der Waals surface area contributed by atoms with Gasteiger partial charge in [-0.2, -0.15) is 0 Å². The maximum absolute atomic E-state index is 13.6. The smallest absolute Gasteiger partial charge is 0.254 e. The largest absolute Gasteiger partial charge is 0.436 e. The van der Waals surface area contributed by atoms with Crippen molar-refractivity contribution in [2.45, 2.75) is 12.6 Å². The van der Waals surface area contributed by atoms with E-state index in [9.17, 15) is 13.6 Å². The number of oxazole rings is 1. The van der Waals surface area contributed by atoms with Crippen LogP contribution < -0.4 is 0 Å². The van der Waals surface area contributed by atoms with E-state index in [0.29, 0.717) is 41.4 Å². The van der Waals surface area contributed by atoms with E-state index in [2.05, 4.69) is 19.8 Å². The average molecular weight is 496 g/mol. The number of likely N-dealkylation sites (tertiary alicyclic amines) is 1. The zero-order chi connectivity index (χ0) is 23.9. The molecular formula is C25H23F2N5O2S. The first-order valence-electron chi connectivity index (χ1n) is 11.5. The Balaban J connectivity index is 1.06. The van der Waals surface area contributed by atoms with E-state index in [1.807, 2.05) is 16.5 Å². The van der Waals surface area contributed by atoms with E-state index >= 15 is 0 Å². The number of hydrogen-bond acceptors (Lipinski definition) is 7. The Morgan fingerprint density at radius 2 is 1.89 bits per heavy atom. The van der Waals surface area contributed by atoms with Gasteiger partial charge in [0.1, 0.15) is 10.5 Å². The number of carbonyl (C=O) groups is 1. The Kier molecular flexibility index (Phi) is 5.79. The molecule has 0 atom stereocenters. The predicted octanol–water partition coefficient (Wildman–Crippen LogP) is 3.87. The normalized spacial score (nSPS) is 17.7. The molecule has 2 saturated heterocycles. The highest BCUT2D eigenvalue weighted by Crippen LogP contribution is 2.27. The predicted molar refractivity (Wildman–Crippen MR) is 128 cm³/mol. The molecule has 0 aliphatic carbocycles. The Hall–Kier alpha value is -3.21. The number of rotatable bonds is 5. The molecular weight excluding hydrogens is 472 g/mol. The van der Waals surface area contributed by atoms with Crippen LogP contribution in [-0.4, -0.2) is 75.9 Å². The van der Waals surface area contributed by atoms with Crippen molar-refractivity contribution in [2.75, 3.05) is 39.3 Å². The lowest BCUT2D eigenvalue weighted by atomic mass is 10.0. The van der Waals surface area contributed by atoms with Gasteiger partial charge in [0.15, 0.2) is 17.2 Å². The van der Waals surface area contributed by atoms with Gasteiger partial charge < -0.3 is 9.32 Å². The van der Waals surface area contributed by atoms with E-state index in [1.54, 1.807) is 29.5 Å². The first kappa shape index (κ1) is 22.3. The lowest BCUT2D eigenvalue weighted by molar-refractivity contribution is 0.00648. The van der Waals surface area contributed by atoms with E-state index in [-0.39, 0.29) is 11.8 Å². The maximum atomic E-state index is 13.6. The molecule has 180 valence electrons. The summed E-state index contributed by atoms with van der Waals surface area (Å²) in [6, 6.07) is 8.99. The SMILES string of the molecule is O=C(c1ccc2nc(-c3ccc(F)c(F)c3)oc2c1)N1CC(N2CCN(Cc3nccs3)CC2)C1. The summed E-state index contributed by atoms with van der Waals surface area (Å²) in [7, 11) is 0. The van der Waals surface area contributed by atoms with Crippen LogP contribution in [-0.2, 0) is 6.54 Å².